The second-order valence-electron chi connectivity index (χ2n) is 4.55. The van der Waals surface area contributed by atoms with Gasteiger partial charge < -0.3 is 20.3 Å². The molecule has 0 saturated carbocycles. The Balaban J connectivity index is 2.82. The van der Waals surface area contributed by atoms with E-state index in [1.165, 1.54) is 0 Å². The zero-order valence-corrected chi connectivity index (χ0v) is 12.2. The number of carboxylic acid groups (broad SMARTS) is 1. The van der Waals surface area contributed by atoms with Gasteiger partial charge in [-0.3, -0.25) is 9.59 Å². The van der Waals surface area contributed by atoms with E-state index in [2.05, 4.69) is 5.32 Å². The molecule has 0 unspecified atom stereocenters. The molecule has 0 bridgehead atoms. The van der Waals surface area contributed by atoms with E-state index in [1.807, 2.05) is 0 Å². The lowest BCUT2D eigenvalue weighted by molar-refractivity contribution is -0.151. The third-order valence-corrected chi connectivity index (χ3v) is 2.88. The lowest BCUT2D eigenvalue weighted by Crippen LogP contribution is -2.46. The second kappa shape index (κ2) is 8.78. The maximum absolute atomic E-state index is 11.9. The Bertz CT molecular complexity index is 516. The van der Waals surface area contributed by atoms with Crippen LogP contribution >= 0.6 is 0 Å². The molecule has 1 rings (SSSR count). The van der Waals surface area contributed by atoms with Crippen molar-refractivity contribution < 1.29 is 29.3 Å². The van der Waals surface area contributed by atoms with Crippen LogP contribution < -0.4 is 5.32 Å². The summed E-state index contributed by atoms with van der Waals surface area (Å²) in [6, 6.07) is 7.06. The van der Waals surface area contributed by atoms with E-state index in [9.17, 15) is 19.5 Å². The van der Waals surface area contributed by atoms with Crippen LogP contribution in [-0.2, 0) is 19.1 Å². The number of aliphatic hydroxyl groups excluding tert-OH is 1. The number of amides is 1. The minimum Gasteiger partial charge on any atom is -0.481 e. The first-order chi connectivity index (χ1) is 10.5. The molecule has 0 aromatic heterocycles. The largest absolute Gasteiger partial charge is 0.481 e. The summed E-state index contributed by atoms with van der Waals surface area (Å²) >= 11 is 0. The Kier molecular flexibility index (Phi) is 7.04. The maximum atomic E-state index is 11.9. The molecule has 0 aliphatic carbocycles. The van der Waals surface area contributed by atoms with Crippen molar-refractivity contribution in [1.29, 1.82) is 0 Å². The topological polar surface area (TPSA) is 113 Å². The fourth-order valence-electron chi connectivity index (χ4n) is 1.81. The monoisotopic (exact) mass is 309 g/mol. The molecule has 0 saturated heterocycles. The quantitative estimate of drug-likeness (QED) is 0.607. The summed E-state index contributed by atoms with van der Waals surface area (Å²) < 4.78 is 4.84. The van der Waals surface area contributed by atoms with E-state index in [1.54, 1.807) is 37.3 Å². The Morgan fingerprint density at radius 2 is 1.82 bits per heavy atom. The number of carbonyl (C=O) groups excluding carboxylic acids is 2. The Hall–Kier alpha value is -2.41. The van der Waals surface area contributed by atoms with Gasteiger partial charge in [-0.05, 0) is 12.5 Å². The Labute approximate surface area is 127 Å². The van der Waals surface area contributed by atoms with Crippen LogP contribution in [0.1, 0.15) is 31.4 Å². The van der Waals surface area contributed by atoms with Gasteiger partial charge in [0, 0.05) is 6.42 Å². The molecule has 1 aromatic rings. The van der Waals surface area contributed by atoms with Crippen molar-refractivity contribution in [2.75, 3.05) is 6.61 Å². The minimum atomic E-state index is -1.29. The normalized spacial score (nSPS) is 13.0. The van der Waals surface area contributed by atoms with Gasteiger partial charge in [0.2, 0.25) is 5.91 Å². The minimum absolute atomic E-state index is 0.0990. The van der Waals surface area contributed by atoms with Gasteiger partial charge >= 0.3 is 11.9 Å². The van der Waals surface area contributed by atoms with E-state index in [0.717, 1.165) is 0 Å². The lowest BCUT2D eigenvalue weighted by Gasteiger charge is -2.22. The van der Waals surface area contributed by atoms with Gasteiger partial charge in [0.1, 0.15) is 6.10 Å². The summed E-state index contributed by atoms with van der Waals surface area (Å²) in [5.74, 6) is -2.54. The number of aliphatic carboxylic acids is 1. The van der Waals surface area contributed by atoms with Gasteiger partial charge in [0.25, 0.3) is 0 Å². The number of esters is 1. The van der Waals surface area contributed by atoms with Gasteiger partial charge in [0.15, 0.2) is 6.04 Å². The molecular weight excluding hydrogens is 290 g/mol. The van der Waals surface area contributed by atoms with Crippen LogP contribution in [-0.4, -0.2) is 40.7 Å². The molecule has 7 nitrogen and oxygen atoms in total. The summed E-state index contributed by atoms with van der Waals surface area (Å²) in [6.07, 6.45) is -1.93. The van der Waals surface area contributed by atoms with Crippen molar-refractivity contribution in [3.8, 4) is 0 Å². The molecule has 7 heteroatoms. The van der Waals surface area contributed by atoms with Crippen LogP contribution in [0, 0.1) is 0 Å². The standard InChI is InChI=1S/C15H19NO6/c1-2-22-15(21)13(16-11(17)8-9-12(18)19)14(20)10-6-4-3-5-7-10/h3-7,13-14,20H,2,8-9H2,1H3,(H,16,17)(H,18,19)/t13-,14+/m1/s1. The summed E-state index contributed by atoms with van der Waals surface area (Å²) in [7, 11) is 0. The van der Waals surface area contributed by atoms with Gasteiger partial charge in [-0.1, -0.05) is 30.3 Å². The molecule has 0 aliphatic heterocycles. The van der Waals surface area contributed by atoms with Crippen molar-refractivity contribution in [2.45, 2.75) is 31.9 Å². The number of ether oxygens (including phenoxy) is 1. The van der Waals surface area contributed by atoms with Crippen molar-refractivity contribution in [2.24, 2.45) is 0 Å². The molecule has 0 fully saturated rings. The second-order valence-corrected chi connectivity index (χ2v) is 4.55. The summed E-state index contributed by atoms with van der Waals surface area (Å²) in [4.78, 5) is 34.1. The van der Waals surface area contributed by atoms with Crippen LogP contribution in [0.4, 0.5) is 0 Å². The third-order valence-electron chi connectivity index (χ3n) is 2.88. The number of nitrogens with one attached hydrogen (secondary N) is 1. The molecule has 1 aromatic carbocycles. The highest BCUT2D eigenvalue weighted by Crippen LogP contribution is 2.17. The van der Waals surface area contributed by atoms with E-state index in [-0.39, 0.29) is 19.4 Å². The fourth-order valence-corrected chi connectivity index (χ4v) is 1.81. The number of rotatable bonds is 8. The van der Waals surface area contributed by atoms with Crippen LogP contribution in [0.5, 0.6) is 0 Å². The number of carbonyl (C=O) groups is 3. The number of aliphatic hydroxyl groups is 1. The number of benzene rings is 1. The van der Waals surface area contributed by atoms with E-state index >= 15 is 0 Å². The first-order valence-electron chi connectivity index (χ1n) is 6.86. The van der Waals surface area contributed by atoms with Crippen LogP contribution in [0.25, 0.3) is 0 Å². The first-order valence-corrected chi connectivity index (χ1v) is 6.86. The average Bonchev–Trinajstić information content (AvgIpc) is 2.51. The Morgan fingerprint density at radius 1 is 1.18 bits per heavy atom. The van der Waals surface area contributed by atoms with Crippen molar-refractivity contribution in [3.63, 3.8) is 0 Å². The van der Waals surface area contributed by atoms with Gasteiger partial charge in [0.05, 0.1) is 13.0 Å². The predicted octanol–water partition coefficient (Wildman–Crippen LogP) is 0.633. The predicted molar refractivity (Wildman–Crippen MR) is 76.8 cm³/mol. The van der Waals surface area contributed by atoms with Gasteiger partial charge in [-0.25, -0.2) is 4.79 Å². The SMILES string of the molecule is CCOC(=O)[C@H](NC(=O)CCC(=O)O)[C@@H](O)c1ccccc1. The highest BCUT2D eigenvalue weighted by molar-refractivity contribution is 5.86. The van der Waals surface area contributed by atoms with Crippen LogP contribution in [0.2, 0.25) is 0 Å². The zero-order chi connectivity index (χ0) is 16.5. The number of carboxylic acids is 1. The van der Waals surface area contributed by atoms with Crippen LogP contribution in [0.3, 0.4) is 0 Å². The lowest BCUT2D eigenvalue weighted by atomic mass is 10.0. The van der Waals surface area contributed by atoms with Crippen molar-refractivity contribution in [1.82, 2.24) is 5.32 Å². The fraction of sp³-hybridized carbons (Fsp3) is 0.400. The zero-order valence-electron chi connectivity index (χ0n) is 12.2. The summed E-state index contributed by atoms with van der Waals surface area (Å²) in [5.41, 5.74) is 0.444. The van der Waals surface area contributed by atoms with Crippen LogP contribution in [0.15, 0.2) is 30.3 Å². The molecule has 22 heavy (non-hydrogen) atoms. The smallest absolute Gasteiger partial charge is 0.331 e. The van der Waals surface area contributed by atoms with Gasteiger partial charge in [-0.2, -0.15) is 0 Å². The third kappa shape index (κ3) is 5.53. The average molecular weight is 309 g/mol. The molecule has 2 atom stereocenters. The van der Waals surface area contributed by atoms with E-state index in [0.29, 0.717) is 5.56 Å². The number of hydrogen-bond acceptors (Lipinski definition) is 5. The molecule has 0 aliphatic rings. The molecule has 0 spiro atoms. The van der Waals surface area contributed by atoms with Crippen molar-refractivity contribution >= 4 is 17.8 Å². The molecule has 1 amide bonds. The molecule has 120 valence electrons. The molecule has 0 heterocycles. The van der Waals surface area contributed by atoms with Crippen molar-refractivity contribution in [3.05, 3.63) is 35.9 Å². The summed E-state index contributed by atoms with van der Waals surface area (Å²) in [6.45, 7) is 1.71. The molecule has 0 radical (unpaired) electrons. The highest BCUT2D eigenvalue weighted by Gasteiger charge is 2.30. The molecular formula is C15H19NO6. The van der Waals surface area contributed by atoms with E-state index in [4.69, 9.17) is 9.84 Å². The van der Waals surface area contributed by atoms with E-state index < -0.39 is 30.0 Å². The highest BCUT2D eigenvalue weighted by atomic mass is 16.5. The first kappa shape index (κ1) is 17.6. The Morgan fingerprint density at radius 3 is 2.36 bits per heavy atom. The van der Waals surface area contributed by atoms with Gasteiger partial charge in [-0.15, -0.1) is 0 Å². The maximum Gasteiger partial charge on any atom is 0.331 e. The summed E-state index contributed by atoms with van der Waals surface area (Å²) in [5, 5.41) is 21.2. The number of hydrogen-bond donors (Lipinski definition) is 3. The molecule has 3 N–H and O–H groups in total.